The molecule has 34 heavy (non-hydrogen) atoms. The molecule has 1 fully saturated rings. The van der Waals surface area contributed by atoms with E-state index in [-0.39, 0.29) is 11.8 Å². The number of benzene rings is 3. The molecule has 2 amide bonds. The quantitative estimate of drug-likeness (QED) is 0.325. The van der Waals surface area contributed by atoms with Gasteiger partial charge in [-0.3, -0.25) is 9.59 Å². The number of amides is 2. The molecule has 0 radical (unpaired) electrons. The van der Waals surface area contributed by atoms with Crippen LogP contribution < -0.4 is 10.6 Å². The third-order valence-electron chi connectivity index (χ3n) is 5.77. The first-order valence-corrected chi connectivity index (χ1v) is 11.9. The summed E-state index contributed by atoms with van der Waals surface area (Å²) >= 11 is 9.36. The smallest absolute Gasteiger partial charge is 0.270 e. The Morgan fingerprint density at radius 2 is 1.53 bits per heavy atom. The lowest BCUT2D eigenvalue weighted by Gasteiger charge is -2.18. The normalized spacial score (nSPS) is 13.8. The molecule has 170 valence electrons. The van der Waals surface area contributed by atoms with Crippen LogP contribution in [-0.2, 0) is 4.79 Å². The van der Waals surface area contributed by atoms with Crippen molar-refractivity contribution in [3.05, 3.63) is 100 Å². The highest BCUT2D eigenvalue weighted by atomic mass is 79.9. The van der Waals surface area contributed by atoms with Crippen LogP contribution in [0.25, 0.3) is 16.8 Å². The molecule has 0 saturated heterocycles. The number of hydrogen-bond acceptors (Lipinski definition) is 3. The van der Waals surface area contributed by atoms with E-state index < -0.39 is 5.54 Å². The molecule has 5 rings (SSSR count). The van der Waals surface area contributed by atoms with Gasteiger partial charge in [-0.05, 0) is 76.3 Å². The molecule has 1 aliphatic rings. The van der Waals surface area contributed by atoms with Gasteiger partial charge in [0, 0.05) is 16.8 Å². The fraction of sp³-hybridized carbons (Fsp3) is 0.115. The summed E-state index contributed by atoms with van der Waals surface area (Å²) in [5, 5.41) is 10.9. The Kier molecular flexibility index (Phi) is 5.98. The van der Waals surface area contributed by atoms with Crippen molar-refractivity contribution in [2.45, 2.75) is 18.4 Å². The average Bonchev–Trinajstić information content (AvgIpc) is 3.53. The Morgan fingerprint density at radius 1 is 0.912 bits per heavy atom. The van der Waals surface area contributed by atoms with Gasteiger partial charge in [0.25, 0.3) is 5.91 Å². The van der Waals surface area contributed by atoms with Crippen molar-refractivity contribution in [1.29, 1.82) is 0 Å². The number of nitrogens with zero attached hydrogens (tertiary/aromatic N) is 2. The van der Waals surface area contributed by atoms with Gasteiger partial charge in [0.2, 0.25) is 5.91 Å². The van der Waals surface area contributed by atoms with E-state index in [9.17, 15) is 9.59 Å². The zero-order valence-electron chi connectivity index (χ0n) is 18.0. The molecular weight excluding hydrogens is 516 g/mol. The van der Waals surface area contributed by atoms with Crippen molar-refractivity contribution < 1.29 is 9.59 Å². The second kappa shape index (κ2) is 9.08. The van der Waals surface area contributed by atoms with Gasteiger partial charge in [0.1, 0.15) is 15.8 Å². The molecule has 1 saturated carbocycles. The zero-order chi connectivity index (χ0) is 23.7. The molecule has 0 atom stereocenters. The van der Waals surface area contributed by atoms with Gasteiger partial charge < -0.3 is 10.6 Å². The Hall–Kier alpha value is -3.42. The molecule has 1 aliphatic carbocycles. The third kappa shape index (κ3) is 4.62. The van der Waals surface area contributed by atoms with Crippen molar-refractivity contribution in [3.8, 4) is 16.8 Å². The van der Waals surface area contributed by atoms with Crippen LogP contribution >= 0.6 is 27.5 Å². The minimum Gasteiger partial charge on any atom is -0.336 e. The average molecular weight is 536 g/mol. The maximum atomic E-state index is 13.2. The fourth-order valence-electron chi connectivity index (χ4n) is 3.74. The van der Waals surface area contributed by atoms with Crippen molar-refractivity contribution >= 4 is 45.0 Å². The number of carbonyl (C=O) groups is 2. The highest BCUT2D eigenvalue weighted by Gasteiger charge is 2.51. The van der Waals surface area contributed by atoms with E-state index >= 15 is 0 Å². The number of anilines is 1. The second-order valence-corrected chi connectivity index (χ2v) is 9.42. The first-order chi connectivity index (χ1) is 16.4. The molecule has 1 aromatic heterocycles. The summed E-state index contributed by atoms with van der Waals surface area (Å²) in [4.78, 5) is 26.1. The molecule has 0 unspecified atom stereocenters. The Labute approximate surface area is 210 Å². The molecule has 6 nitrogen and oxygen atoms in total. The van der Waals surface area contributed by atoms with Gasteiger partial charge in [0.15, 0.2) is 0 Å². The lowest BCUT2D eigenvalue weighted by Crippen LogP contribution is -2.46. The minimum atomic E-state index is -0.910. The molecular formula is C26H20BrClN4O2. The molecule has 3 aromatic carbocycles. The van der Waals surface area contributed by atoms with Crippen LogP contribution in [0.5, 0.6) is 0 Å². The van der Waals surface area contributed by atoms with E-state index in [1.807, 2.05) is 78.9 Å². The topological polar surface area (TPSA) is 76.0 Å². The minimum absolute atomic E-state index is 0.218. The van der Waals surface area contributed by atoms with Crippen molar-refractivity contribution in [2.24, 2.45) is 0 Å². The summed E-state index contributed by atoms with van der Waals surface area (Å²) in [6, 6.07) is 26.2. The van der Waals surface area contributed by atoms with E-state index in [1.54, 1.807) is 10.7 Å². The lowest BCUT2D eigenvalue weighted by atomic mass is 10.1. The van der Waals surface area contributed by atoms with Gasteiger partial charge in [0.05, 0.1) is 5.69 Å². The second-order valence-electron chi connectivity index (χ2n) is 8.17. The lowest BCUT2D eigenvalue weighted by molar-refractivity contribution is -0.118. The van der Waals surface area contributed by atoms with Crippen LogP contribution in [0.2, 0.25) is 5.02 Å². The molecule has 0 aliphatic heterocycles. The van der Waals surface area contributed by atoms with Crippen LogP contribution in [0, 0.1) is 0 Å². The summed E-state index contributed by atoms with van der Waals surface area (Å²) in [6.45, 7) is 0. The molecule has 0 spiro atoms. The molecule has 0 bridgehead atoms. The summed E-state index contributed by atoms with van der Waals surface area (Å²) in [6.07, 6.45) is 1.17. The SMILES string of the molecule is O=C(NC1(C(=O)Nc2ccccc2)CC1)c1cc(Br)nn1-c1ccc(-c2ccc(Cl)cc2)cc1. The predicted octanol–water partition coefficient (Wildman–Crippen LogP) is 5.86. The van der Waals surface area contributed by atoms with E-state index in [4.69, 9.17) is 11.6 Å². The number of aromatic nitrogens is 2. The van der Waals surface area contributed by atoms with Gasteiger partial charge in [-0.15, -0.1) is 0 Å². The Balaban J connectivity index is 1.35. The van der Waals surface area contributed by atoms with Gasteiger partial charge >= 0.3 is 0 Å². The van der Waals surface area contributed by atoms with Gasteiger partial charge in [-0.25, -0.2) is 4.68 Å². The number of rotatable bonds is 6. The number of nitrogens with one attached hydrogen (secondary N) is 2. The van der Waals surface area contributed by atoms with Gasteiger partial charge in [-0.2, -0.15) is 5.10 Å². The monoisotopic (exact) mass is 534 g/mol. The fourth-order valence-corrected chi connectivity index (χ4v) is 4.24. The van der Waals surface area contributed by atoms with Crippen LogP contribution in [-0.4, -0.2) is 27.1 Å². The Bertz CT molecular complexity index is 1350. The van der Waals surface area contributed by atoms with Crippen molar-refractivity contribution in [1.82, 2.24) is 15.1 Å². The third-order valence-corrected chi connectivity index (χ3v) is 6.41. The predicted molar refractivity (Wildman–Crippen MR) is 136 cm³/mol. The molecule has 4 aromatic rings. The van der Waals surface area contributed by atoms with E-state index in [2.05, 4.69) is 31.7 Å². The number of carbonyl (C=O) groups excluding carboxylic acids is 2. The van der Waals surface area contributed by atoms with Crippen LogP contribution in [0.3, 0.4) is 0 Å². The van der Waals surface area contributed by atoms with Crippen molar-refractivity contribution in [3.63, 3.8) is 0 Å². The van der Waals surface area contributed by atoms with Crippen LogP contribution in [0.15, 0.2) is 89.5 Å². The summed E-state index contributed by atoms with van der Waals surface area (Å²) < 4.78 is 2.09. The maximum absolute atomic E-state index is 13.2. The Morgan fingerprint density at radius 3 is 2.15 bits per heavy atom. The van der Waals surface area contributed by atoms with E-state index in [0.29, 0.717) is 33.8 Å². The maximum Gasteiger partial charge on any atom is 0.270 e. The zero-order valence-corrected chi connectivity index (χ0v) is 20.3. The molecule has 2 N–H and O–H groups in total. The number of hydrogen-bond donors (Lipinski definition) is 2. The first kappa shape index (κ1) is 22.4. The van der Waals surface area contributed by atoms with E-state index in [1.165, 1.54) is 0 Å². The molecule has 1 heterocycles. The highest BCUT2D eigenvalue weighted by Crippen LogP contribution is 2.37. The highest BCUT2D eigenvalue weighted by molar-refractivity contribution is 9.10. The van der Waals surface area contributed by atoms with Gasteiger partial charge in [-0.1, -0.05) is 54.1 Å². The number of halogens is 2. The summed E-state index contributed by atoms with van der Waals surface area (Å²) in [7, 11) is 0. The van der Waals surface area contributed by atoms with Crippen LogP contribution in [0.4, 0.5) is 5.69 Å². The summed E-state index contributed by atoms with van der Waals surface area (Å²) in [5.74, 6) is -0.579. The largest absolute Gasteiger partial charge is 0.336 e. The van der Waals surface area contributed by atoms with Crippen molar-refractivity contribution in [2.75, 3.05) is 5.32 Å². The number of para-hydroxylation sites is 1. The van der Waals surface area contributed by atoms with E-state index in [0.717, 1.165) is 16.8 Å². The summed E-state index contributed by atoms with van der Waals surface area (Å²) in [5.41, 5.74) is 2.91. The first-order valence-electron chi connectivity index (χ1n) is 10.7. The van der Waals surface area contributed by atoms with Crippen LogP contribution in [0.1, 0.15) is 23.3 Å². The molecule has 8 heteroatoms. The standard InChI is InChI=1S/C26H20BrClN4O2/c27-23-16-22(24(33)30-26(14-15-26)25(34)29-20-4-2-1-3-5-20)32(31-23)21-12-8-18(9-13-21)17-6-10-19(28)11-7-17/h1-13,16H,14-15H2,(H,29,34)(H,30,33).